The van der Waals surface area contributed by atoms with Crippen LogP contribution in [-0.4, -0.2) is 5.78 Å². The van der Waals surface area contributed by atoms with Crippen molar-refractivity contribution in [2.24, 2.45) is 0 Å². The largest absolute Gasteiger partial charge is 0.295 e. The number of hydrogen-bond donors (Lipinski definition) is 0. The highest BCUT2D eigenvalue weighted by Crippen LogP contribution is 2.06. The second-order valence-electron chi connectivity index (χ2n) is 2.47. The summed E-state index contributed by atoms with van der Waals surface area (Å²) in [5.41, 5.74) is 3.17. The molecule has 0 bridgehead atoms. The van der Waals surface area contributed by atoms with Crippen LogP contribution in [0.15, 0.2) is 29.8 Å². The third-order valence-corrected chi connectivity index (χ3v) is 1.70. The minimum absolute atomic E-state index is 0.0800. The van der Waals surface area contributed by atoms with Crippen LogP contribution in [0, 0.1) is 0 Å². The lowest BCUT2D eigenvalue weighted by Crippen LogP contribution is -1.90. The van der Waals surface area contributed by atoms with Crippen LogP contribution in [0.5, 0.6) is 0 Å². The second-order valence-corrected chi connectivity index (χ2v) is 2.72. The molecule has 0 spiro atoms. The van der Waals surface area contributed by atoms with Gasteiger partial charge in [0.2, 0.25) is 0 Å². The fourth-order valence-electron chi connectivity index (χ4n) is 0.902. The van der Waals surface area contributed by atoms with Gasteiger partial charge in [-0.1, -0.05) is 35.9 Å². The van der Waals surface area contributed by atoms with E-state index in [9.17, 15) is 4.79 Å². The number of benzene rings is 1. The maximum atomic E-state index is 10.9. The summed E-state index contributed by atoms with van der Waals surface area (Å²) in [7, 11) is 0. The predicted octanol–water partition coefficient (Wildman–Crippen LogP) is 3.10. The molecule has 62 valence electrons. The van der Waals surface area contributed by atoms with Gasteiger partial charge in [0, 0.05) is 11.1 Å². The lowest BCUT2D eigenvalue weighted by molar-refractivity contribution is 0.101. The smallest absolute Gasteiger partial charge is 0.159 e. The minimum atomic E-state index is 0.0800. The van der Waals surface area contributed by atoms with Gasteiger partial charge in [-0.3, -0.25) is 4.79 Å². The van der Waals surface area contributed by atoms with Crippen LogP contribution in [0.2, 0.25) is 0 Å². The van der Waals surface area contributed by atoms with Crippen molar-refractivity contribution < 1.29 is 4.79 Å². The van der Waals surface area contributed by atoms with E-state index in [-0.39, 0.29) is 5.78 Å². The van der Waals surface area contributed by atoms with Crippen molar-refractivity contribution in [3.05, 3.63) is 40.9 Å². The summed E-state index contributed by atoms with van der Waals surface area (Å²) < 4.78 is 0. The molecule has 0 aromatic heterocycles. The van der Waals surface area contributed by atoms with Crippen molar-refractivity contribution in [2.45, 2.75) is 6.92 Å². The lowest BCUT2D eigenvalue weighted by atomic mass is 10.1. The first kappa shape index (κ1) is 9.01. The van der Waals surface area contributed by atoms with Crippen molar-refractivity contribution in [3.8, 4) is 0 Å². The first-order valence-corrected chi connectivity index (χ1v) is 4.05. The Morgan fingerprint density at radius 2 is 1.92 bits per heavy atom. The van der Waals surface area contributed by atoms with Crippen LogP contribution >= 0.6 is 11.6 Å². The summed E-state index contributed by atoms with van der Waals surface area (Å²) in [6.07, 6.45) is 1.77. The van der Waals surface area contributed by atoms with E-state index in [4.69, 9.17) is 11.6 Å². The molecule has 0 unspecified atom stereocenters. The van der Waals surface area contributed by atoms with E-state index < -0.39 is 0 Å². The fourth-order valence-corrected chi connectivity index (χ4v) is 1.05. The number of halogens is 1. The summed E-state index contributed by atoms with van der Waals surface area (Å²) in [5.74, 6) is 0.0800. The van der Waals surface area contributed by atoms with Crippen LogP contribution in [0.4, 0.5) is 0 Å². The van der Waals surface area contributed by atoms with Gasteiger partial charge in [0.25, 0.3) is 0 Å². The maximum Gasteiger partial charge on any atom is 0.159 e. The molecular weight excluding hydrogens is 172 g/mol. The monoisotopic (exact) mass is 180 g/mol. The summed E-state index contributed by atoms with van der Waals surface area (Å²) >= 11 is 5.39. The van der Waals surface area contributed by atoms with E-state index in [1.807, 2.05) is 12.1 Å². The van der Waals surface area contributed by atoms with Crippen LogP contribution in [0.3, 0.4) is 0 Å². The van der Waals surface area contributed by atoms with Gasteiger partial charge < -0.3 is 0 Å². The normalized spacial score (nSPS) is 10.5. The third kappa shape index (κ3) is 2.21. The van der Waals surface area contributed by atoms with E-state index in [2.05, 4.69) is 0 Å². The first-order chi connectivity index (χ1) is 5.74. The maximum absolute atomic E-state index is 10.9. The van der Waals surface area contributed by atoms with Gasteiger partial charge in [-0.15, -0.1) is 0 Å². The standard InChI is InChI=1S/C10H9ClO/c1-8(12)10-4-2-9(3-5-10)6-7-11/h2-7H,1H3/b7-6-. The number of Topliss-reactive ketones (excluding diaryl/α,β-unsaturated/α-hetero) is 1. The molecule has 1 rings (SSSR count). The molecule has 1 aromatic carbocycles. The summed E-state index contributed by atoms with van der Waals surface area (Å²) in [4.78, 5) is 10.9. The highest BCUT2D eigenvalue weighted by Gasteiger charge is 1.96. The summed E-state index contributed by atoms with van der Waals surface area (Å²) in [5, 5.41) is 0. The van der Waals surface area contributed by atoms with Gasteiger partial charge in [-0.05, 0) is 18.6 Å². The Morgan fingerprint density at radius 1 is 1.33 bits per heavy atom. The number of carbonyl (C=O) groups is 1. The molecule has 0 aliphatic heterocycles. The third-order valence-electron chi connectivity index (χ3n) is 1.57. The van der Waals surface area contributed by atoms with Gasteiger partial charge in [0.15, 0.2) is 5.78 Å². The average molecular weight is 181 g/mol. The number of hydrogen-bond acceptors (Lipinski definition) is 1. The Balaban J connectivity index is 2.93. The highest BCUT2D eigenvalue weighted by molar-refractivity contribution is 6.27. The second kappa shape index (κ2) is 4.07. The van der Waals surface area contributed by atoms with E-state index in [0.717, 1.165) is 11.1 Å². The van der Waals surface area contributed by atoms with Crippen LogP contribution in [0.1, 0.15) is 22.8 Å². The van der Waals surface area contributed by atoms with Crippen molar-refractivity contribution >= 4 is 23.5 Å². The molecule has 0 aliphatic rings. The molecule has 0 saturated carbocycles. The molecule has 0 saturated heterocycles. The van der Waals surface area contributed by atoms with Crippen molar-refractivity contribution in [2.75, 3.05) is 0 Å². The Morgan fingerprint density at radius 3 is 2.33 bits per heavy atom. The molecule has 0 amide bonds. The van der Waals surface area contributed by atoms with Gasteiger partial charge >= 0.3 is 0 Å². The zero-order chi connectivity index (χ0) is 8.97. The highest BCUT2D eigenvalue weighted by atomic mass is 35.5. The van der Waals surface area contributed by atoms with Crippen LogP contribution in [0.25, 0.3) is 6.08 Å². The lowest BCUT2D eigenvalue weighted by Gasteiger charge is -1.95. The number of carbonyl (C=O) groups excluding carboxylic acids is 1. The van der Waals surface area contributed by atoms with Gasteiger partial charge in [-0.2, -0.15) is 0 Å². The van der Waals surface area contributed by atoms with Gasteiger partial charge in [0.1, 0.15) is 0 Å². The van der Waals surface area contributed by atoms with Gasteiger partial charge in [0.05, 0.1) is 0 Å². The minimum Gasteiger partial charge on any atom is -0.295 e. The molecule has 0 radical (unpaired) electrons. The van der Waals surface area contributed by atoms with Crippen molar-refractivity contribution in [1.29, 1.82) is 0 Å². The molecule has 0 aliphatic carbocycles. The Hall–Kier alpha value is -1.08. The predicted molar refractivity (Wildman–Crippen MR) is 51.3 cm³/mol. The fraction of sp³-hybridized carbons (Fsp3) is 0.100. The molecule has 1 nitrogen and oxygen atoms in total. The molecule has 2 heteroatoms. The SMILES string of the molecule is CC(=O)c1ccc(/C=C\Cl)cc1. The Bertz CT molecular complexity index is 298. The van der Waals surface area contributed by atoms with Crippen molar-refractivity contribution in [1.82, 2.24) is 0 Å². The summed E-state index contributed by atoms with van der Waals surface area (Å²) in [6.45, 7) is 1.55. The van der Waals surface area contributed by atoms with Crippen LogP contribution < -0.4 is 0 Å². The van der Waals surface area contributed by atoms with E-state index in [1.54, 1.807) is 25.1 Å². The van der Waals surface area contributed by atoms with Crippen molar-refractivity contribution in [3.63, 3.8) is 0 Å². The van der Waals surface area contributed by atoms with Gasteiger partial charge in [-0.25, -0.2) is 0 Å². The molecule has 0 N–H and O–H groups in total. The van der Waals surface area contributed by atoms with E-state index in [0.29, 0.717) is 0 Å². The number of ketones is 1. The topological polar surface area (TPSA) is 17.1 Å². The van der Waals surface area contributed by atoms with E-state index in [1.165, 1.54) is 5.54 Å². The zero-order valence-electron chi connectivity index (χ0n) is 6.75. The number of rotatable bonds is 2. The molecule has 12 heavy (non-hydrogen) atoms. The summed E-state index contributed by atoms with van der Waals surface area (Å²) in [6, 6.07) is 7.29. The first-order valence-electron chi connectivity index (χ1n) is 3.62. The zero-order valence-corrected chi connectivity index (χ0v) is 7.51. The quantitative estimate of drug-likeness (QED) is 0.640. The Kier molecular flexibility index (Phi) is 3.06. The molecular formula is C10H9ClO. The Labute approximate surface area is 76.7 Å². The molecule has 1 aromatic rings. The molecule has 0 fully saturated rings. The molecule has 0 atom stereocenters. The average Bonchev–Trinajstić information content (AvgIpc) is 2.06. The van der Waals surface area contributed by atoms with Crippen LogP contribution in [-0.2, 0) is 0 Å². The van der Waals surface area contributed by atoms with E-state index >= 15 is 0 Å². The molecule has 0 heterocycles.